The van der Waals surface area contributed by atoms with E-state index in [1.165, 1.54) is 0 Å². The lowest BCUT2D eigenvalue weighted by molar-refractivity contribution is 0.102. The number of anilines is 1. The molecule has 0 heterocycles. The molecule has 0 saturated carbocycles. The Balaban J connectivity index is 1.61. The van der Waals surface area contributed by atoms with Crippen molar-refractivity contribution in [2.45, 2.75) is 6.92 Å². The van der Waals surface area contributed by atoms with Crippen LogP contribution >= 0.6 is 0 Å². The van der Waals surface area contributed by atoms with Gasteiger partial charge in [0, 0.05) is 30.4 Å². The fraction of sp³-hybridized carbons (Fsp3) is 0.269. The van der Waals surface area contributed by atoms with Crippen LogP contribution in [-0.4, -0.2) is 55.9 Å². The third-order valence-electron chi connectivity index (χ3n) is 5.05. The second kappa shape index (κ2) is 12.5. The second-order valence-electron chi connectivity index (χ2n) is 7.27. The van der Waals surface area contributed by atoms with Gasteiger partial charge in [-0.15, -0.1) is 0 Å². The van der Waals surface area contributed by atoms with Gasteiger partial charge in [0.1, 0.15) is 18.1 Å². The van der Waals surface area contributed by atoms with E-state index in [1.54, 1.807) is 49.6 Å². The third-order valence-corrected chi connectivity index (χ3v) is 5.05. The number of methoxy groups -OCH3 is 1. The maximum atomic E-state index is 12.7. The molecule has 0 saturated heterocycles. The van der Waals surface area contributed by atoms with Crippen LogP contribution in [0.4, 0.5) is 5.69 Å². The van der Waals surface area contributed by atoms with E-state index < -0.39 is 0 Å². The van der Waals surface area contributed by atoms with Gasteiger partial charge in [-0.25, -0.2) is 0 Å². The molecule has 0 aromatic heterocycles. The van der Waals surface area contributed by atoms with Crippen LogP contribution in [0, 0.1) is 0 Å². The van der Waals surface area contributed by atoms with E-state index in [0.29, 0.717) is 48.2 Å². The number of rotatable bonds is 12. The number of likely N-dealkylation sites (N-methyl/N-ethyl adjacent to an activating group) is 1. The summed E-state index contributed by atoms with van der Waals surface area (Å²) in [6.07, 6.45) is 0. The first-order valence-electron chi connectivity index (χ1n) is 10.9. The molecule has 174 valence electrons. The number of benzene rings is 3. The lowest BCUT2D eigenvalue weighted by atomic mass is 10.2. The highest BCUT2D eigenvalue weighted by molar-refractivity contribution is 6.04. The Morgan fingerprint density at radius 2 is 1.67 bits per heavy atom. The van der Waals surface area contributed by atoms with Gasteiger partial charge in [-0.05, 0) is 55.1 Å². The molecule has 0 fully saturated rings. The van der Waals surface area contributed by atoms with Crippen molar-refractivity contribution in [3.05, 3.63) is 78.4 Å². The number of para-hydroxylation sites is 1. The standard InChI is InChI=1S/C26H30N2O5/c1-3-28(15-17-29)16-18-32-25-19-21(11-14-24(25)31-2)27-26(30)20-9-12-23(13-10-20)33-22-7-5-4-6-8-22/h4-14,19,29H,3,15-18H2,1-2H3,(H,27,30). The van der Waals surface area contributed by atoms with Crippen LogP contribution in [0.1, 0.15) is 17.3 Å². The van der Waals surface area contributed by atoms with E-state index in [1.807, 2.05) is 37.3 Å². The molecule has 0 radical (unpaired) electrons. The zero-order valence-electron chi connectivity index (χ0n) is 19.0. The highest BCUT2D eigenvalue weighted by Gasteiger charge is 2.11. The van der Waals surface area contributed by atoms with Crippen LogP contribution in [0.2, 0.25) is 0 Å². The predicted molar refractivity (Wildman–Crippen MR) is 129 cm³/mol. The number of carbonyl (C=O) groups is 1. The van der Waals surface area contributed by atoms with Gasteiger partial charge >= 0.3 is 0 Å². The van der Waals surface area contributed by atoms with E-state index in [9.17, 15) is 4.79 Å². The predicted octanol–water partition coefficient (Wildman–Crippen LogP) is 4.43. The quantitative estimate of drug-likeness (QED) is 0.425. The highest BCUT2D eigenvalue weighted by Crippen LogP contribution is 2.30. The van der Waals surface area contributed by atoms with Crippen LogP contribution in [0.15, 0.2) is 72.8 Å². The third kappa shape index (κ3) is 7.24. The number of hydrogen-bond acceptors (Lipinski definition) is 6. The highest BCUT2D eigenvalue weighted by atomic mass is 16.5. The molecule has 0 aliphatic carbocycles. The summed E-state index contributed by atoms with van der Waals surface area (Å²) < 4.78 is 17.0. The van der Waals surface area contributed by atoms with Gasteiger partial charge in [0.25, 0.3) is 5.91 Å². The Morgan fingerprint density at radius 3 is 2.33 bits per heavy atom. The van der Waals surface area contributed by atoms with Gasteiger partial charge in [0.15, 0.2) is 11.5 Å². The first-order chi connectivity index (χ1) is 16.1. The van der Waals surface area contributed by atoms with Gasteiger partial charge in [-0.2, -0.15) is 0 Å². The molecule has 0 spiro atoms. The van der Waals surface area contributed by atoms with Crippen molar-refractivity contribution < 1.29 is 24.1 Å². The fourth-order valence-corrected chi connectivity index (χ4v) is 3.22. The van der Waals surface area contributed by atoms with Gasteiger partial charge in [0.2, 0.25) is 0 Å². The van der Waals surface area contributed by atoms with Crippen molar-refractivity contribution in [1.29, 1.82) is 0 Å². The molecule has 0 aliphatic heterocycles. The number of ether oxygens (including phenoxy) is 3. The molecule has 3 rings (SSSR count). The maximum absolute atomic E-state index is 12.7. The fourth-order valence-electron chi connectivity index (χ4n) is 3.22. The lowest BCUT2D eigenvalue weighted by Crippen LogP contribution is -2.30. The monoisotopic (exact) mass is 450 g/mol. The molecule has 0 unspecified atom stereocenters. The Kier molecular flexibility index (Phi) is 9.11. The summed E-state index contributed by atoms with van der Waals surface area (Å²) in [5.74, 6) is 2.28. The number of amides is 1. The molecule has 0 aliphatic rings. The minimum Gasteiger partial charge on any atom is -0.493 e. The normalized spacial score (nSPS) is 10.7. The van der Waals surface area contributed by atoms with Gasteiger partial charge in [0.05, 0.1) is 13.7 Å². The Bertz CT molecular complexity index is 1010. The van der Waals surface area contributed by atoms with Crippen molar-refractivity contribution in [2.24, 2.45) is 0 Å². The van der Waals surface area contributed by atoms with Crippen molar-refractivity contribution >= 4 is 11.6 Å². The topological polar surface area (TPSA) is 80.3 Å². The number of nitrogens with zero attached hydrogens (tertiary/aromatic N) is 1. The second-order valence-corrected chi connectivity index (χ2v) is 7.27. The number of aliphatic hydroxyl groups is 1. The minimum atomic E-state index is -0.238. The molecule has 0 atom stereocenters. The number of carbonyl (C=O) groups excluding carboxylic acids is 1. The molecular weight excluding hydrogens is 420 g/mol. The van der Waals surface area contributed by atoms with Gasteiger partial charge < -0.3 is 24.6 Å². The summed E-state index contributed by atoms with van der Waals surface area (Å²) >= 11 is 0. The summed E-state index contributed by atoms with van der Waals surface area (Å²) in [4.78, 5) is 14.8. The number of aliphatic hydroxyl groups excluding tert-OH is 1. The summed E-state index contributed by atoms with van der Waals surface area (Å²) in [6, 6.07) is 21.7. The van der Waals surface area contributed by atoms with E-state index in [-0.39, 0.29) is 12.5 Å². The van der Waals surface area contributed by atoms with E-state index in [2.05, 4.69) is 10.2 Å². The molecule has 7 heteroatoms. The molecule has 2 N–H and O–H groups in total. The molecule has 0 bridgehead atoms. The minimum absolute atomic E-state index is 0.109. The number of nitrogens with one attached hydrogen (secondary N) is 1. The van der Waals surface area contributed by atoms with Crippen LogP contribution in [0.25, 0.3) is 0 Å². The largest absolute Gasteiger partial charge is 0.493 e. The summed E-state index contributed by atoms with van der Waals surface area (Å²) in [5.41, 5.74) is 1.11. The van der Waals surface area contributed by atoms with Crippen LogP contribution in [0.5, 0.6) is 23.0 Å². The van der Waals surface area contributed by atoms with Gasteiger partial charge in [-0.1, -0.05) is 25.1 Å². The molecule has 7 nitrogen and oxygen atoms in total. The van der Waals surface area contributed by atoms with Crippen molar-refractivity contribution in [3.63, 3.8) is 0 Å². The average Bonchev–Trinajstić information content (AvgIpc) is 2.84. The van der Waals surface area contributed by atoms with E-state index in [4.69, 9.17) is 19.3 Å². The zero-order chi connectivity index (χ0) is 23.5. The molecule has 1 amide bonds. The molecule has 3 aromatic rings. The van der Waals surface area contributed by atoms with Crippen molar-refractivity contribution in [2.75, 3.05) is 45.3 Å². The van der Waals surface area contributed by atoms with Crippen LogP contribution in [0.3, 0.4) is 0 Å². The summed E-state index contributed by atoms with van der Waals surface area (Å²) in [6.45, 7) is 4.68. The van der Waals surface area contributed by atoms with E-state index in [0.717, 1.165) is 12.3 Å². The molecule has 33 heavy (non-hydrogen) atoms. The molecular formula is C26H30N2O5. The van der Waals surface area contributed by atoms with Gasteiger partial charge in [-0.3, -0.25) is 9.69 Å². The Labute approximate surface area is 194 Å². The Hall–Kier alpha value is -3.55. The summed E-state index contributed by atoms with van der Waals surface area (Å²) in [5, 5.41) is 12.0. The first-order valence-corrected chi connectivity index (χ1v) is 10.9. The van der Waals surface area contributed by atoms with Crippen molar-refractivity contribution in [1.82, 2.24) is 4.90 Å². The Morgan fingerprint density at radius 1 is 0.939 bits per heavy atom. The first kappa shape index (κ1) is 24.1. The van der Waals surface area contributed by atoms with E-state index >= 15 is 0 Å². The smallest absolute Gasteiger partial charge is 0.255 e. The van der Waals surface area contributed by atoms with Crippen LogP contribution < -0.4 is 19.5 Å². The van der Waals surface area contributed by atoms with Crippen LogP contribution in [-0.2, 0) is 0 Å². The lowest BCUT2D eigenvalue weighted by Gasteiger charge is -2.20. The number of hydrogen-bond donors (Lipinski definition) is 2. The summed E-state index contributed by atoms with van der Waals surface area (Å²) in [7, 11) is 1.57. The zero-order valence-corrected chi connectivity index (χ0v) is 19.0. The van der Waals surface area contributed by atoms with Crippen molar-refractivity contribution in [3.8, 4) is 23.0 Å². The average molecular weight is 451 g/mol. The maximum Gasteiger partial charge on any atom is 0.255 e. The SMILES string of the molecule is CCN(CCO)CCOc1cc(NC(=O)c2ccc(Oc3ccccc3)cc2)ccc1OC. The molecule has 3 aromatic carbocycles.